The second kappa shape index (κ2) is 9.57. The lowest BCUT2D eigenvalue weighted by molar-refractivity contribution is 0.0934. The molecule has 10 heteroatoms. The van der Waals surface area contributed by atoms with E-state index in [0.29, 0.717) is 10.0 Å². The number of anilines is 1. The lowest BCUT2D eigenvalue weighted by Crippen LogP contribution is -2.56. The van der Waals surface area contributed by atoms with Crippen LogP contribution in [0.3, 0.4) is 0 Å². The predicted molar refractivity (Wildman–Crippen MR) is 119 cm³/mol. The summed E-state index contributed by atoms with van der Waals surface area (Å²) in [5, 5.41) is 8.59. The second-order valence-corrected chi connectivity index (χ2v) is 9.58. The van der Waals surface area contributed by atoms with Crippen molar-refractivity contribution >= 4 is 95.6 Å². The molecule has 0 bridgehead atoms. The molecule has 4 nitrogen and oxygen atoms in total. The van der Waals surface area contributed by atoms with Crippen LogP contribution in [0.2, 0.25) is 0 Å². The van der Waals surface area contributed by atoms with Crippen LogP contribution < -0.4 is 16.0 Å². The maximum absolute atomic E-state index is 12.5. The first-order valence-corrected chi connectivity index (χ1v) is 10.2. The third-order valence-electron chi connectivity index (χ3n) is 3.08. The van der Waals surface area contributed by atoms with Gasteiger partial charge in [-0.1, -0.05) is 68.9 Å². The minimum Gasteiger partial charge on any atom is -0.339 e. The quantitative estimate of drug-likeness (QED) is 0.258. The number of hydrogen-bond acceptors (Lipinski definition) is 2. The molecule has 0 aliphatic rings. The molecule has 0 spiro atoms. The molecule has 1 amide bonds. The van der Waals surface area contributed by atoms with Crippen LogP contribution in [0.1, 0.15) is 10.4 Å². The summed E-state index contributed by atoms with van der Waals surface area (Å²) in [5.74, 6) is -0.424. The van der Waals surface area contributed by atoms with Gasteiger partial charge in [-0.05, 0) is 58.5 Å². The number of halogens is 5. The molecule has 0 radical (unpaired) electrons. The van der Waals surface area contributed by atoms with Gasteiger partial charge < -0.3 is 16.0 Å². The smallest absolute Gasteiger partial charge is 0.254 e. The van der Waals surface area contributed by atoms with Crippen molar-refractivity contribution in [3.05, 3.63) is 63.0 Å². The van der Waals surface area contributed by atoms with Crippen LogP contribution in [0, 0.1) is 0 Å². The van der Waals surface area contributed by atoms with Gasteiger partial charge in [-0.3, -0.25) is 4.79 Å². The molecule has 0 aliphatic carbocycles. The first-order valence-electron chi connectivity index (χ1n) is 7.12. The van der Waals surface area contributed by atoms with Crippen LogP contribution in [0.4, 0.5) is 5.69 Å². The number of carbonyl (C=O) groups excluding carboxylic acids is 1. The Bertz CT molecular complexity index is 817. The zero-order valence-corrected chi connectivity index (χ0v) is 19.2. The summed E-state index contributed by atoms with van der Waals surface area (Å²) in [6.07, 6.45) is -1.06. The van der Waals surface area contributed by atoms with E-state index in [1.165, 1.54) is 0 Å². The van der Waals surface area contributed by atoms with Gasteiger partial charge in [0.2, 0.25) is 3.79 Å². The van der Waals surface area contributed by atoms with E-state index in [1.54, 1.807) is 24.3 Å². The van der Waals surface area contributed by atoms with Gasteiger partial charge in [-0.25, -0.2) is 0 Å². The van der Waals surface area contributed by atoms with Gasteiger partial charge in [0, 0.05) is 14.6 Å². The third-order valence-corrected chi connectivity index (χ3v) is 5.14. The van der Waals surface area contributed by atoms with Crippen molar-refractivity contribution < 1.29 is 4.79 Å². The highest BCUT2D eigenvalue weighted by Crippen LogP contribution is 2.29. The monoisotopic (exact) mass is 557 g/mol. The molecular weight excluding hydrogens is 548 g/mol. The average molecular weight is 561 g/mol. The number of amides is 1. The third kappa shape index (κ3) is 6.55. The van der Waals surface area contributed by atoms with Crippen molar-refractivity contribution in [3.8, 4) is 0 Å². The Labute approximate surface area is 188 Å². The summed E-state index contributed by atoms with van der Waals surface area (Å²) >= 11 is 29.9. The Morgan fingerprint density at radius 1 is 1.04 bits per heavy atom. The highest BCUT2D eigenvalue weighted by Gasteiger charge is 2.35. The van der Waals surface area contributed by atoms with Crippen LogP contribution in [0.15, 0.2) is 57.5 Å². The number of carbonyl (C=O) groups is 1. The van der Waals surface area contributed by atoms with Crippen molar-refractivity contribution in [2.24, 2.45) is 0 Å². The minimum absolute atomic E-state index is 0.187. The standard InChI is InChI=1S/C16H12Br2Cl3N3OS/c17-9-4-3-5-10(8-9)22-15(26)24-14(16(19,20)21)23-13(25)11-6-1-2-7-12(11)18/h1-8,14H,(H,23,25)(H2,22,24,26). The van der Waals surface area contributed by atoms with Gasteiger partial charge in [0.05, 0.1) is 5.56 Å². The fourth-order valence-electron chi connectivity index (χ4n) is 1.92. The fraction of sp³-hybridized carbons (Fsp3) is 0.125. The van der Waals surface area contributed by atoms with Crippen molar-refractivity contribution in [1.82, 2.24) is 10.6 Å². The zero-order chi connectivity index (χ0) is 19.3. The van der Waals surface area contributed by atoms with Gasteiger partial charge in [0.1, 0.15) is 6.17 Å². The lowest BCUT2D eigenvalue weighted by Gasteiger charge is -2.28. The highest BCUT2D eigenvalue weighted by atomic mass is 79.9. The maximum atomic E-state index is 12.5. The Morgan fingerprint density at radius 3 is 2.35 bits per heavy atom. The van der Waals surface area contributed by atoms with E-state index < -0.39 is 15.9 Å². The molecule has 0 saturated carbocycles. The van der Waals surface area contributed by atoms with E-state index in [9.17, 15) is 4.79 Å². The Balaban J connectivity index is 2.09. The summed E-state index contributed by atoms with van der Waals surface area (Å²) in [6.45, 7) is 0. The Kier molecular flexibility index (Phi) is 8.00. The summed E-state index contributed by atoms with van der Waals surface area (Å²) in [4.78, 5) is 12.5. The molecule has 26 heavy (non-hydrogen) atoms. The van der Waals surface area contributed by atoms with E-state index in [2.05, 4.69) is 47.8 Å². The summed E-state index contributed by atoms with van der Waals surface area (Å²) < 4.78 is -0.333. The Morgan fingerprint density at radius 2 is 1.73 bits per heavy atom. The van der Waals surface area contributed by atoms with Gasteiger partial charge in [-0.2, -0.15) is 0 Å². The van der Waals surface area contributed by atoms with Gasteiger partial charge in [-0.15, -0.1) is 0 Å². The van der Waals surface area contributed by atoms with E-state index in [0.717, 1.165) is 10.2 Å². The van der Waals surface area contributed by atoms with Gasteiger partial charge >= 0.3 is 0 Å². The van der Waals surface area contributed by atoms with Crippen molar-refractivity contribution in [2.75, 3.05) is 5.32 Å². The van der Waals surface area contributed by atoms with Gasteiger partial charge in [0.15, 0.2) is 5.11 Å². The molecule has 0 fully saturated rings. The number of hydrogen-bond donors (Lipinski definition) is 3. The van der Waals surface area contributed by atoms with Crippen LogP contribution >= 0.6 is 78.9 Å². The molecule has 1 unspecified atom stereocenters. The highest BCUT2D eigenvalue weighted by molar-refractivity contribution is 9.10. The maximum Gasteiger partial charge on any atom is 0.254 e. The fourth-order valence-corrected chi connectivity index (χ4v) is 3.35. The topological polar surface area (TPSA) is 53.2 Å². The number of rotatable bonds is 4. The molecule has 0 aromatic heterocycles. The van der Waals surface area contributed by atoms with Crippen molar-refractivity contribution in [3.63, 3.8) is 0 Å². The minimum atomic E-state index is -1.83. The second-order valence-electron chi connectivity index (χ2n) is 5.04. The number of benzene rings is 2. The van der Waals surface area contributed by atoms with Gasteiger partial charge in [0.25, 0.3) is 5.91 Å². The first kappa shape index (κ1) is 21.7. The van der Waals surface area contributed by atoms with E-state index in [-0.39, 0.29) is 5.11 Å². The summed E-state index contributed by atoms with van der Waals surface area (Å²) in [7, 11) is 0. The molecule has 0 aliphatic heterocycles. The molecule has 2 rings (SSSR count). The average Bonchev–Trinajstić information content (AvgIpc) is 2.53. The molecule has 3 N–H and O–H groups in total. The van der Waals surface area contributed by atoms with E-state index >= 15 is 0 Å². The SMILES string of the molecule is O=C(NC(NC(=S)Nc1cccc(Br)c1)C(Cl)(Cl)Cl)c1ccccc1Br. The largest absolute Gasteiger partial charge is 0.339 e. The van der Waals surface area contributed by atoms with Crippen LogP contribution in [-0.2, 0) is 0 Å². The van der Waals surface area contributed by atoms with Crippen LogP contribution in [0.5, 0.6) is 0 Å². The van der Waals surface area contributed by atoms with E-state index in [1.807, 2.05) is 24.3 Å². The predicted octanol–water partition coefficient (Wildman–Crippen LogP) is 5.62. The van der Waals surface area contributed by atoms with E-state index in [4.69, 9.17) is 47.0 Å². The molecular formula is C16H12Br2Cl3N3OS. The lowest BCUT2D eigenvalue weighted by atomic mass is 10.2. The number of nitrogens with one attached hydrogen (secondary N) is 3. The molecule has 1 atom stereocenters. The molecule has 0 saturated heterocycles. The normalized spacial score (nSPS) is 12.2. The first-order chi connectivity index (χ1) is 12.2. The Hall–Kier alpha value is -0.570. The van der Waals surface area contributed by atoms with Crippen LogP contribution in [-0.4, -0.2) is 21.0 Å². The number of thiocarbonyl (C=S) groups is 1. The summed E-state index contributed by atoms with van der Waals surface area (Å²) in [6, 6.07) is 14.3. The van der Waals surface area contributed by atoms with Crippen molar-refractivity contribution in [1.29, 1.82) is 0 Å². The molecule has 2 aromatic rings. The zero-order valence-electron chi connectivity index (χ0n) is 12.9. The van der Waals surface area contributed by atoms with Crippen molar-refractivity contribution in [2.45, 2.75) is 9.96 Å². The molecule has 138 valence electrons. The van der Waals surface area contributed by atoms with Crippen LogP contribution in [0.25, 0.3) is 0 Å². The summed E-state index contributed by atoms with van der Waals surface area (Å²) in [5.41, 5.74) is 1.14. The molecule has 0 heterocycles. The number of alkyl halides is 3. The molecule has 2 aromatic carbocycles.